The number of rotatable bonds is 2. The zero-order valence-electron chi connectivity index (χ0n) is 14.4. The van der Waals surface area contributed by atoms with E-state index in [4.69, 9.17) is 9.51 Å². The first kappa shape index (κ1) is 15.1. The van der Waals surface area contributed by atoms with E-state index in [0.717, 1.165) is 41.3 Å². The Morgan fingerprint density at radius 1 is 1.08 bits per heavy atom. The summed E-state index contributed by atoms with van der Waals surface area (Å²) in [5.41, 5.74) is 3.16. The molecular weight excluding hydrogens is 300 g/mol. The van der Waals surface area contributed by atoms with E-state index in [-0.39, 0.29) is 0 Å². The SMILES string of the molecule is Cc1ccc2nc(N3CCC(C)CC3)c(-c3nc(C)no3)cc2c1. The Bertz CT molecular complexity index is 878. The largest absolute Gasteiger partial charge is 0.356 e. The molecule has 1 fully saturated rings. The third-order valence-electron chi connectivity index (χ3n) is 4.79. The van der Waals surface area contributed by atoms with E-state index in [1.54, 1.807) is 0 Å². The van der Waals surface area contributed by atoms with Crippen molar-refractivity contribution in [3.05, 3.63) is 35.7 Å². The summed E-state index contributed by atoms with van der Waals surface area (Å²) in [6.07, 6.45) is 2.38. The highest BCUT2D eigenvalue weighted by molar-refractivity contribution is 5.88. The maximum atomic E-state index is 5.45. The van der Waals surface area contributed by atoms with Crippen LogP contribution in [0.3, 0.4) is 0 Å². The van der Waals surface area contributed by atoms with E-state index in [9.17, 15) is 0 Å². The minimum Gasteiger partial charge on any atom is -0.356 e. The molecule has 0 spiro atoms. The Hall–Kier alpha value is -2.43. The lowest BCUT2D eigenvalue weighted by Crippen LogP contribution is -2.33. The molecule has 2 aromatic heterocycles. The summed E-state index contributed by atoms with van der Waals surface area (Å²) in [6, 6.07) is 8.48. The Morgan fingerprint density at radius 3 is 2.58 bits per heavy atom. The Morgan fingerprint density at radius 2 is 1.88 bits per heavy atom. The van der Waals surface area contributed by atoms with Gasteiger partial charge in [0.25, 0.3) is 5.89 Å². The van der Waals surface area contributed by atoms with Crippen molar-refractivity contribution in [2.24, 2.45) is 5.92 Å². The molecule has 3 heterocycles. The molecule has 1 aliphatic heterocycles. The lowest BCUT2D eigenvalue weighted by molar-refractivity contribution is 0.423. The first-order valence-corrected chi connectivity index (χ1v) is 8.57. The molecule has 5 heteroatoms. The third-order valence-corrected chi connectivity index (χ3v) is 4.79. The van der Waals surface area contributed by atoms with E-state index in [1.165, 1.54) is 18.4 Å². The molecular formula is C19H22N4O. The normalized spacial score (nSPS) is 16.0. The molecule has 0 bridgehead atoms. The number of aryl methyl sites for hydroxylation is 2. The minimum absolute atomic E-state index is 0.553. The van der Waals surface area contributed by atoms with Gasteiger partial charge in [-0.05, 0) is 50.8 Å². The second-order valence-electron chi connectivity index (χ2n) is 6.87. The molecule has 0 radical (unpaired) electrons. The molecule has 0 unspecified atom stereocenters. The molecule has 0 N–H and O–H groups in total. The van der Waals surface area contributed by atoms with Crippen LogP contribution in [0.1, 0.15) is 31.2 Å². The summed E-state index contributed by atoms with van der Waals surface area (Å²) >= 11 is 0. The van der Waals surface area contributed by atoms with Crippen molar-refractivity contribution in [3.8, 4) is 11.5 Å². The number of nitrogens with zero attached hydrogens (tertiary/aromatic N) is 4. The van der Waals surface area contributed by atoms with Crippen LogP contribution in [-0.4, -0.2) is 28.2 Å². The molecule has 0 aliphatic carbocycles. The van der Waals surface area contributed by atoms with Crippen molar-refractivity contribution < 1.29 is 4.52 Å². The molecule has 1 aliphatic rings. The summed E-state index contributed by atoms with van der Waals surface area (Å²) in [7, 11) is 0. The van der Waals surface area contributed by atoms with Crippen LogP contribution in [0, 0.1) is 19.8 Å². The topological polar surface area (TPSA) is 55.1 Å². The molecule has 0 saturated carbocycles. The fraction of sp³-hybridized carbons (Fsp3) is 0.421. The van der Waals surface area contributed by atoms with Crippen molar-refractivity contribution in [2.75, 3.05) is 18.0 Å². The van der Waals surface area contributed by atoms with Gasteiger partial charge in [-0.1, -0.05) is 23.7 Å². The number of piperidine rings is 1. The predicted octanol–water partition coefficient (Wildman–Crippen LogP) is 4.14. The number of hydrogen-bond acceptors (Lipinski definition) is 5. The smallest absolute Gasteiger partial charge is 0.261 e. The molecule has 24 heavy (non-hydrogen) atoms. The van der Waals surface area contributed by atoms with Gasteiger partial charge in [0, 0.05) is 18.5 Å². The number of pyridine rings is 1. The quantitative estimate of drug-likeness (QED) is 0.710. The maximum Gasteiger partial charge on any atom is 0.261 e. The third kappa shape index (κ3) is 2.75. The average molecular weight is 322 g/mol. The standard InChI is InChI=1S/C19H22N4O/c1-12-6-8-23(9-7-12)18-16(19-20-14(3)22-24-19)11-15-10-13(2)4-5-17(15)21-18/h4-5,10-12H,6-9H2,1-3H3. The van der Waals surface area contributed by atoms with Gasteiger partial charge in [0.05, 0.1) is 11.1 Å². The van der Waals surface area contributed by atoms with Crippen LogP contribution in [-0.2, 0) is 0 Å². The van der Waals surface area contributed by atoms with Crippen LogP contribution < -0.4 is 4.90 Å². The molecule has 124 valence electrons. The lowest BCUT2D eigenvalue weighted by atomic mass is 9.98. The van der Waals surface area contributed by atoms with E-state index in [0.29, 0.717) is 11.7 Å². The van der Waals surface area contributed by atoms with Crippen LogP contribution >= 0.6 is 0 Å². The number of benzene rings is 1. The van der Waals surface area contributed by atoms with Gasteiger partial charge in [-0.3, -0.25) is 0 Å². The molecule has 0 amide bonds. The molecule has 0 atom stereocenters. The van der Waals surface area contributed by atoms with E-state index in [2.05, 4.69) is 53.2 Å². The zero-order valence-corrected chi connectivity index (χ0v) is 14.4. The van der Waals surface area contributed by atoms with Gasteiger partial charge >= 0.3 is 0 Å². The predicted molar refractivity (Wildman–Crippen MR) is 95.1 cm³/mol. The fourth-order valence-electron chi connectivity index (χ4n) is 3.31. The van der Waals surface area contributed by atoms with Gasteiger partial charge in [-0.25, -0.2) is 4.98 Å². The fourth-order valence-corrected chi connectivity index (χ4v) is 3.31. The lowest BCUT2D eigenvalue weighted by Gasteiger charge is -2.32. The number of fused-ring (bicyclic) bond motifs is 1. The van der Waals surface area contributed by atoms with Crippen LogP contribution in [0.2, 0.25) is 0 Å². The Balaban J connectivity index is 1.87. The highest BCUT2D eigenvalue weighted by atomic mass is 16.5. The molecule has 1 aromatic carbocycles. The van der Waals surface area contributed by atoms with Gasteiger partial charge in [0.1, 0.15) is 5.82 Å². The molecule has 4 rings (SSSR count). The first-order valence-electron chi connectivity index (χ1n) is 8.57. The highest BCUT2D eigenvalue weighted by Crippen LogP contribution is 2.34. The number of hydrogen-bond donors (Lipinski definition) is 0. The van der Waals surface area contributed by atoms with E-state index >= 15 is 0 Å². The van der Waals surface area contributed by atoms with Crippen molar-refractivity contribution >= 4 is 16.7 Å². The van der Waals surface area contributed by atoms with Crippen molar-refractivity contribution in [1.29, 1.82) is 0 Å². The highest BCUT2D eigenvalue weighted by Gasteiger charge is 2.23. The maximum absolute atomic E-state index is 5.45. The van der Waals surface area contributed by atoms with Crippen molar-refractivity contribution in [1.82, 2.24) is 15.1 Å². The van der Waals surface area contributed by atoms with Gasteiger partial charge in [0.2, 0.25) is 0 Å². The summed E-state index contributed by atoms with van der Waals surface area (Å²) in [5, 5.41) is 5.06. The average Bonchev–Trinajstić information content (AvgIpc) is 3.01. The van der Waals surface area contributed by atoms with Gasteiger partial charge in [-0.15, -0.1) is 0 Å². The summed E-state index contributed by atoms with van der Waals surface area (Å²) in [6.45, 7) is 8.29. The molecule has 3 aromatic rings. The monoisotopic (exact) mass is 322 g/mol. The van der Waals surface area contributed by atoms with Gasteiger partial charge < -0.3 is 9.42 Å². The minimum atomic E-state index is 0.553. The molecule has 1 saturated heterocycles. The zero-order chi connectivity index (χ0) is 16.7. The van der Waals surface area contributed by atoms with Crippen LogP contribution in [0.4, 0.5) is 5.82 Å². The number of anilines is 1. The van der Waals surface area contributed by atoms with Crippen LogP contribution in [0.5, 0.6) is 0 Å². The summed E-state index contributed by atoms with van der Waals surface area (Å²) in [4.78, 5) is 11.7. The Kier molecular flexibility index (Phi) is 3.71. The van der Waals surface area contributed by atoms with Crippen LogP contribution in [0.25, 0.3) is 22.4 Å². The van der Waals surface area contributed by atoms with Gasteiger partial charge in [0.15, 0.2) is 5.82 Å². The summed E-state index contributed by atoms with van der Waals surface area (Å²) in [5.74, 6) is 2.94. The van der Waals surface area contributed by atoms with E-state index in [1.807, 2.05) is 6.92 Å². The summed E-state index contributed by atoms with van der Waals surface area (Å²) < 4.78 is 5.45. The van der Waals surface area contributed by atoms with E-state index < -0.39 is 0 Å². The second kappa shape index (κ2) is 5.89. The van der Waals surface area contributed by atoms with Gasteiger partial charge in [-0.2, -0.15) is 4.98 Å². The first-order chi connectivity index (χ1) is 11.6. The van der Waals surface area contributed by atoms with Crippen molar-refractivity contribution in [3.63, 3.8) is 0 Å². The Labute approximate surface area is 141 Å². The molecule has 5 nitrogen and oxygen atoms in total. The van der Waals surface area contributed by atoms with Crippen LogP contribution in [0.15, 0.2) is 28.8 Å². The van der Waals surface area contributed by atoms with Crippen molar-refractivity contribution in [2.45, 2.75) is 33.6 Å². The second-order valence-corrected chi connectivity index (χ2v) is 6.87. The number of aromatic nitrogens is 3.